The van der Waals surface area contributed by atoms with Crippen LogP contribution in [0.1, 0.15) is 33.5 Å². The van der Waals surface area contributed by atoms with Crippen LogP contribution < -0.4 is 5.32 Å². The van der Waals surface area contributed by atoms with Gasteiger partial charge in [0.1, 0.15) is 0 Å². The van der Waals surface area contributed by atoms with E-state index in [4.69, 9.17) is 9.26 Å². The number of ketones is 1. The fraction of sp³-hybridized carbons (Fsp3) is 0.353. The molecule has 1 amide bonds. The molecular formula is C17H19N3O4. The molecule has 0 saturated carbocycles. The Kier molecular flexibility index (Phi) is 5.02. The number of nitrogens with one attached hydrogen (secondary N) is 1. The van der Waals surface area contributed by atoms with Crippen LogP contribution in [0.3, 0.4) is 0 Å². The van der Waals surface area contributed by atoms with Crippen LogP contribution in [0.5, 0.6) is 0 Å². The highest BCUT2D eigenvalue weighted by molar-refractivity contribution is 6.03. The minimum Gasteiger partial charge on any atom is -0.379 e. The lowest BCUT2D eigenvalue weighted by Crippen LogP contribution is -2.35. The molecule has 7 nitrogen and oxygen atoms in total. The molecule has 1 aliphatic rings. The molecule has 1 aromatic heterocycles. The molecule has 2 aromatic rings. The minimum absolute atomic E-state index is 0.0552. The van der Waals surface area contributed by atoms with Crippen LogP contribution in [-0.2, 0) is 11.3 Å². The highest BCUT2D eigenvalue weighted by atomic mass is 16.5. The van der Waals surface area contributed by atoms with Gasteiger partial charge in [-0.3, -0.25) is 14.5 Å². The maximum Gasteiger partial charge on any atom is 0.277 e. The van der Waals surface area contributed by atoms with Crippen LogP contribution in [0.4, 0.5) is 5.69 Å². The zero-order valence-electron chi connectivity index (χ0n) is 13.4. The Hall–Kier alpha value is -2.51. The van der Waals surface area contributed by atoms with Crippen LogP contribution in [0.2, 0.25) is 0 Å². The third-order valence-corrected chi connectivity index (χ3v) is 3.80. The number of hydrogen-bond acceptors (Lipinski definition) is 6. The van der Waals surface area contributed by atoms with E-state index in [-0.39, 0.29) is 17.4 Å². The first kappa shape index (κ1) is 16.4. The van der Waals surface area contributed by atoms with Gasteiger partial charge in [0.2, 0.25) is 0 Å². The first-order chi connectivity index (χ1) is 11.6. The molecule has 0 atom stereocenters. The fourth-order valence-electron chi connectivity index (χ4n) is 2.49. The Morgan fingerprint density at radius 1 is 1.25 bits per heavy atom. The van der Waals surface area contributed by atoms with Crippen LogP contribution in [0, 0.1) is 0 Å². The predicted octanol–water partition coefficient (Wildman–Crippen LogP) is 1.96. The molecule has 24 heavy (non-hydrogen) atoms. The molecule has 7 heteroatoms. The van der Waals surface area contributed by atoms with Crippen molar-refractivity contribution in [2.24, 2.45) is 0 Å². The Morgan fingerprint density at radius 2 is 2.04 bits per heavy atom. The molecule has 0 bridgehead atoms. The number of amides is 1. The zero-order chi connectivity index (χ0) is 16.9. The van der Waals surface area contributed by atoms with Crippen LogP contribution in [-0.4, -0.2) is 48.1 Å². The normalized spacial score (nSPS) is 15.2. The first-order valence-electron chi connectivity index (χ1n) is 7.80. The lowest BCUT2D eigenvalue weighted by molar-refractivity contribution is 0.0305. The van der Waals surface area contributed by atoms with Gasteiger partial charge in [0.15, 0.2) is 17.2 Å². The van der Waals surface area contributed by atoms with Gasteiger partial charge in [0.25, 0.3) is 5.91 Å². The number of carbonyl (C=O) groups excluding carboxylic acids is 2. The maximum absolute atomic E-state index is 12.2. The van der Waals surface area contributed by atoms with Gasteiger partial charge < -0.3 is 14.6 Å². The van der Waals surface area contributed by atoms with E-state index in [2.05, 4.69) is 15.4 Å². The summed E-state index contributed by atoms with van der Waals surface area (Å²) in [4.78, 5) is 25.8. The Balaban J connectivity index is 1.63. The van der Waals surface area contributed by atoms with Crippen molar-refractivity contribution < 1.29 is 18.8 Å². The molecule has 1 N–H and O–H groups in total. The third kappa shape index (κ3) is 4.06. The minimum atomic E-state index is -0.368. The van der Waals surface area contributed by atoms with Gasteiger partial charge in [-0.1, -0.05) is 17.3 Å². The van der Waals surface area contributed by atoms with E-state index in [0.717, 1.165) is 13.1 Å². The van der Waals surface area contributed by atoms with Crippen LogP contribution in [0.25, 0.3) is 0 Å². The molecule has 1 fully saturated rings. The summed E-state index contributed by atoms with van der Waals surface area (Å²) in [7, 11) is 0. The molecule has 126 valence electrons. The number of ether oxygens (including phenoxy) is 1. The highest BCUT2D eigenvalue weighted by Gasteiger charge is 2.17. The van der Waals surface area contributed by atoms with E-state index in [9.17, 15) is 9.59 Å². The summed E-state index contributed by atoms with van der Waals surface area (Å²) in [5.74, 6) is 0.215. The van der Waals surface area contributed by atoms with Gasteiger partial charge in [0.05, 0.1) is 19.8 Å². The van der Waals surface area contributed by atoms with Crippen molar-refractivity contribution in [2.75, 3.05) is 31.6 Å². The van der Waals surface area contributed by atoms with E-state index >= 15 is 0 Å². The number of rotatable bonds is 5. The molecule has 0 radical (unpaired) electrons. The third-order valence-electron chi connectivity index (χ3n) is 3.80. The summed E-state index contributed by atoms with van der Waals surface area (Å²) in [6.45, 7) is 5.15. The number of benzene rings is 1. The first-order valence-corrected chi connectivity index (χ1v) is 7.80. The van der Waals surface area contributed by atoms with Crippen molar-refractivity contribution in [3.63, 3.8) is 0 Å². The summed E-state index contributed by atoms with van der Waals surface area (Å²) in [5.41, 5.74) is 1.30. The van der Waals surface area contributed by atoms with Crippen molar-refractivity contribution in [1.82, 2.24) is 10.1 Å². The van der Waals surface area contributed by atoms with Gasteiger partial charge >= 0.3 is 0 Å². The van der Waals surface area contributed by atoms with Crippen molar-refractivity contribution in [3.05, 3.63) is 47.3 Å². The number of carbonyl (C=O) groups is 2. The zero-order valence-corrected chi connectivity index (χ0v) is 13.4. The Labute approximate surface area is 139 Å². The number of anilines is 1. The SMILES string of the molecule is CC(=O)c1cccc(NC(=O)c2cc(CN3CCOCC3)on2)c1. The number of morpholine rings is 1. The standard InChI is InChI=1S/C17H19N3O4/c1-12(21)13-3-2-4-14(9-13)18-17(22)16-10-15(24-19-16)11-20-5-7-23-8-6-20/h2-4,9-10H,5-8,11H2,1H3,(H,18,22). The number of nitrogens with zero attached hydrogens (tertiary/aromatic N) is 2. The smallest absolute Gasteiger partial charge is 0.277 e. The second-order valence-corrected chi connectivity index (χ2v) is 5.66. The second kappa shape index (κ2) is 7.37. The van der Waals surface area contributed by atoms with Crippen molar-refractivity contribution in [2.45, 2.75) is 13.5 Å². The molecule has 1 aliphatic heterocycles. The molecule has 1 aromatic carbocycles. The summed E-state index contributed by atoms with van der Waals surface area (Å²) in [6, 6.07) is 8.42. The second-order valence-electron chi connectivity index (χ2n) is 5.66. The Bertz CT molecular complexity index is 735. The fourth-order valence-corrected chi connectivity index (χ4v) is 2.49. The van der Waals surface area contributed by atoms with E-state index in [1.807, 2.05) is 0 Å². The predicted molar refractivity (Wildman–Crippen MR) is 87.0 cm³/mol. The van der Waals surface area contributed by atoms with Gasteiger partial charge in [-0.15, -0.1) is 0 Å². The van der Waals surface area contributed by atoms with E-state index in [1.54, 1.807) is 30.3 Å². The highest BCUT2D eigenvalue weighted by Crippen LogP contribution is 2.14. The van der Waals surface area contributed by atoms with Gasteiger partial charge in [0, 0.05) is 30.4 Å². The monoisotopic (exact) mass is 329 g/mol. The van der Waals surface area contributed by atoms with Crippen molar-refractivity contribution in [3.8, 4) is 0 Å². The van der Waals surface area contributed by atoms with Gasteiger partial charge in [-0.2, -0.15) is 0 Å². The molecule has 0 aliphatic carbocycles. The Morgan fingerprint density at radius 3 is 2.79 bits per heavy atom. The number of Topliss-reactive ketones (excluding diaryl/α,β-unsaturated/α-hetero) is 1. The molecular weight excluding hydrogens is 310 g/mol. The summed E-state index contributed by atoms with van der Waals surface area (Å²) in [5, 5.41) is 6.55. The van der Waals surface area contributed by atoms with Gasteiger partial charge in [-0.05, 0) is 19.1 Å². The van der Waals surface area contributed by atoms with E-state index in [0.29, 0.717) is 36.8 Å². The summed E-state index contributed by atoms with van der Waals surface area (Å²) < 4.78 is 10.5. The number of aromatic nitrogens is 1. The van der Waals surface area contributed by atoms with Crippen LogP contribution in [0.15, 0.2) is 34.9 Å². The van der Waals surface area contributed by atoms with Crippen LogP contribution >= 0.6 is 0 Å². The van der Waals surface area contributed by atoms with Gasteiger partial charge in [-0.25, -0.2) is 0 Å². The van der Waals surface area contributed by atoms with E-state index < -0.39 is 0 Å². The average Bonchev–Trinajstić information content (AvgIpc) is 3.04. The summed E-state index contributed by atoms with van der Waals surface area (Å²) in [6.07, 6.45) is 0. The molecule has 0 spiro atoms. The maximum atomic E-state index is 12.2. The lowest BCUT2D eigenvalue weighted by Gasteiger charge is -2.25. The van der Waals surface area contributed by atoms with Crippen molar-refractivity contribution >= 4 is 17.4 Å². The average molecular weight is 329 g/mol. The molecule has 2 heterocycles. The van der Waals surface area contributed by atoms with E-state index in [1.165, 1.54) is 6.92 Å². The summed E-state index contributed by atoms with van der Waals surface area (Å²) >= 11 is 0. The number of hydrogen-bond donors (Lipinski definition) is 1. The molecule has 0 unspecified atom stereocenters. The largest absolute Gasteiger partial charge is 0.379 e. The topological polar surface area (TPSA) is 84.7 Å². The molecule has 3 rings (SSSR count). The quantitative estimate of drug-likeness (QED) is 0.844. The van der Waals surface area contributed by atoms with Crippen molar-refractivity contribution in [1.29, 1.82) is 0 Å². The molecule has 1 saturated heterocycles. The lowest BCUT2D eigenvalue weighted by atomic mass is 10.1.